The zero-order valence-electron chi connectivity index (χ0n) is 24.5. The highest BCUT2D eigenvalue weighted by Gasteiger charge is 2.57. The van der Waals surface area contributed by atoms with Gasteiger partial charge < -0.3 is 10.6 Å². The van der Waals surface area contributed by atoms with Crippen LogP contribution >= 0.6 is 0 Å². The summed E-state index contributed by atoms with van der Waals surface area (Å²) in [6, 6.07) is -1.26. The number of nitrogens with one attached hydrogen (secondary N) is 2. The van der Waals surface area contributed by atoms with Crippen molar-refractivity contribution in [1.29, 1.82) is 0 Å². The van der Waals surface area contributed by atoms with Crippen molar-refractivity contribution >= 4 is 17.5 Å². The number of carbonyl (C=O) groups excluding carboxylic acids is 2. The number of fused-ring (bicyclic) bond motifs is 1. The normalized spacial score (nSPS) is 24.3. The van der Waals surface area contributed by atoms with E-state index in [0.717, 1.165) is 12.8 Å². The van der Waals surface area contributed by atoms with E-state index in [1.54, 1.807) is 19.3 Å². The van der Waals surface area contributed by atoms with E-state index < -0.39 is 47.8 Å². The van der Waals surface area contributed by atoms with Crippen molar-refractivity contribution in [2.24, 2.45) is 13.0 Å². The van der Waals surface area contributed by atoms with Gasteiger partial charge in [-0.05, 0) is 61.2 Å². The largest absolute Gasteiger partial charge is 0.408 e. The minimum Gasteiger partial charge on any atom is -0.344 e. The summed E-state index contributed by atoms with van der Waals surface area (Å²) in [5.41, 5.74) is -0.0280. The summed E-state index contributed by atoms with van der Waals surface area (Å²) in [5, 5.41) is 24.8. The molecule has 18 heteroatoms. The highest BCUT2D eigenvalue weighted by Crippen LogP contribution is 2.44. The van der Waals surface area contributed by atoms with Gasteiger partial charge in [0, 0.05) is 32.0 Å². The molecule has 46 heavy (non-hydrogen) atoms. The van der Waals surface area contributed by atoms with Crippen molar-refractivity contribution in [2.45, 2.75) is 86.9 Å². The summed E-state index contributed by atoms with van der Waals surface area (Å²) in [6.07, 6.45) is 0.272. The monoisotopic (exact) mass is 648 g/mol. The number of hydrogen-bond donors (Lipinski definition) is 2. The smallest absolute Gasteiger partial charge is 0.344 e. The molecule has 3 fully saturated rings. The van der Waals surface area contributed by atoms with Gasteiger partial charge in [0.05, 0.1) is 29.8 Å². The van der Waals surface area contributed by atoms with E-state index in [4.69, 9.17) is 4.63 Å². The molecule has 0 aromatic carbocycles. The first-order chi connectivity index (χ1) is 21.8. The van der Waals surface area contributed by atoms with Crippen LogP contribution in [0.15, 0.2) is 29.3 Å². The molecule has 0 spiro atoms. The van der Waals surface area contributed by atoms with Gasteiger partial charge in [-0.2, -0.15) is 18.3 Å². The van der Waals surface area contributed by atoms with Crippen LogP contribution in [0.1, 0.15) is 90.0 Å². The van der Waals surface area contributed by atoms with Gasteiger partial charge in [-0.25, -0.2) is 22.9 Å². The summed E-state index contributed by atoms with van der Waals surface area (Å²) in [7, 11) is 1.55. The van der Waals surface area contributed by atoms with Gasteiger partial charge in [0.25, 0.3) is 5.91 Å². The number of hydrogen-bond acceptors (Lipinski definition) is 9. The number of imidazole rings is 1. The average molecular weight is 649 g/mol. The van der Waals surface area contributed by atoms with Crippen molar-refractivity contribution in [2.75, 3.05) is 0 Å². The molecule has 0 unspecified atom stereocenters. The fraction of sp³-hybridized carbons (Fsp3) is 0.571. The Balaban J connectivity index is 1.20. The average Bonchev–Trinajstić information content (AvgIpc) is 3.32. The summed E-state index contributed by atoms with van der Waals surface area (Å²) < 4.78 is 76.8. The third-order valence-corrected chi connectivity index (χ3v) is 9.21. The Bertz CT molecular complexity index is 1790. The minimum absolute atomic E-state index is 0.0409. The Hall–Kier alpha value is -4.51. The van der Waals surface area contributed by atoms with Crippen molar-refractivity contribution in [3.8, 4) is 0 Å². The van der Waals surface area contributed by atoms with E-state index in [0.29, 0.717) is 17.0 Å². The van der Waals surface area contributed by atoms with Crippen molar-refractivity contribution in [3.63, 3.8) is 0 Å². The standard InChI is InChI=1S/C28H29F5N10O3/c1-42-13-19(38-41-42)26(10-18(28(31,32)33)36-25(26)45)9-14-8-20-35-17(12-43(20)34-11-14)21(16-4-6-27(29,30)7-5-16)37-24(44)23-22(15-2-3-15)39-46-40-23/h8,11-13,15-16,18,21H,2-7,9-10H2,1H3,(H,36,45)(H,37,44)/t18-,21-,26-/m0/s1. The summed E-state index contributed by atoms with van der Waals surface area (Å²) in [4.78, 5) is 31.2. The van der Waals surface area contributed by atoms with Crippen molar-refractivity contribution < 1.29 is 36.2 Å². The molecule has 7 rings (SSSR count). The fourth-order valence-corrected chi connectivity index (χ4v) is 6.56. The molecule has 4 aromatic rings. The quantitative estimate of drug-likeness (QED) is 0.274. The summed E-state index contributed by atoms with van der Waals surface area (Å²) >= 11 is 0. The van der Waals surface area contributed by atoms with E-state index in [-0.39, 0.29) is 61.0 Å². The Morgan fingerprint density at radius 3 is 2.59 bits per heavy atom. The zero-order valence-corrected chi connectivity index (χ0v) is 24.5. The Labute approximate surface area is 257 Å². The van der Waals surface area contributed by atoms with Crippen LogP contribution in [-0.4, -0.2) is 69.9 Å². The number of alkyl halides is 5. The maximum atomic E-state index is 14.1. The van der Waals surface area contributed by atoms with E-state index in [1.807, 2.05) is 0 Å². The van der Waals surface area contributed by atoms with E-state index in [9.17, 15) is 31.5 Å². The molecule has 3 atom stereocenters. The van der Waals surface area contributed by atoms with Crippen LogP contribution in [0.3, 0.4) is 0 Å². The topological polar surface area (TPSA) is 158 Å². The molecular formula is C28H29F5N10O3. The molecule has 2 saturated carbocycles. The minimum atomic E-state index is -4.66. The lowest BCUT2D eigenvalue weighted by Gasteiger charge is -2.33. The Morgan fingerprint density at radius 1 is 1.17 bits per heavy atom. The third-order valence-electron chi connectivity index (χ3n) is 9.21. The van der Waals surface area contributed by atoms with Crippen LogP contribution in [-0.2, 0) is 23.7 Å². The molecule has 2 aliphatic carbocycles. The molecular weight excluding hydrogens is 619 g/mol. The number of carbonyl (C=O) groups is 2. The molecule has 2 N–H and O–H groups in total. The molecule has 5 heterocycles. The molecule has 3 aliphatic rings. The number of nitrogens with zero attached hydrogens (tertiary/aromatic N) is 8. The fourth-order valence-electron chi connectivity index (χ4n) is 6.56. The van der Waals surface area contributed by atoms with Gasteiger partial charge >= 0.3 is 6.18 Å². The highest BCUT2D eigenvalue weighted by atomic mass is 19.4. The molecule has 4 aromatic heterocycles. The zero-order chi connectivity index (χ0) is 32.4. The lowest BCUT2D eigenvalue weighted by Crippen LogP contribution is -2.40. The van der Waals surface area contributed by atoms with Gasteiger partial charge in [0.1, 0.15) is 17.2 Å². The van der Waals surface area contributed by atoms with Crippen LogP contribution in [0.2, 0.25) is 0 Å². The number of rotatable bonds is 8. The summed E-state index contributed by atoms with van der Waals surface area (Å²) in [6.45, 7) is 0. The van der Waals surface area contributed by atoms with Crippen LogP contribution in [0.5, 0.6) is 0 Å². The first-order valence-corrected chi connectivity index (χ1v) is 14.9. The number of amides is 2. The predicted octanol–water partition coefficient (Wildman–Crippen LogP) is 3.35. The van der Waals surface area contributed by atoms with Crippen molar-refractivity contribution in [1.82, 2.24) is 50.5 Å². The van der Waals surface area contributed by atoms with Gasteiger partial charge in [0.2, 0.25) is 11.8 Å². The van der Waals surface area contributed by atoms with Crippen LogP contribution in [0.25, 0.3) is 5.65 Å². The van der Waals surface area contributed by atoms with Gasteiger partial charge in [-0.3, -0.25) is 14.3 Å². The summed E-state index contributed by atoms with van der Waals surface area (Å²) in [5.74, 6) is -4.49. The maximum absolute atomic E-state index is 14.1. The first-order valence-electron chi connectivity index (χ1n) is 14.9. The lowest BCUT2D eigenvalue weighted by molar-refractivity contribution is -0.155. The second-order valence-electron chi connectivity index (χ2n) is 12.6. The Kier molecular flexibility index (Phi) is 7.08. The molecule has 0 bridgehead atoms. The number of aromatic nitrogens is 8. The van der Waals surface area contributed by atoms with Gasteiger partial charge in [-0.15, -0.1) is 5.10 Å². The number of halogens is 5. The van der Waals surface area contributed by atoms with Crippen molar-refractivity contribution in [3.05, 3.63) is 53.0 Å². The Morgan fingerprint density at radius 2 is 1.93 bits per heavy atom. The second-order valence-corrected chi connectivity index (χ2v) is 12.6. The van der Waals surface area contributed by atoms with Crippen LogP contribution in [0, 0.1) is 5.92 Å². The molecule has 1 saturated heterocycles. The van der Waals surface area contributed by atoms with Gasteiger partial charge in [0.15, 0.2) is 11.3 Å². The first kappa shape index (κ1) is 30.2. The van der Waals surface area contributed by atoms with Gasteiger partial charge in [-0.1, -0.05) is 10.4 Å². The molecule has 2 amide bonds. The van der Waals surface area contributed by atoms with Crippen LogP contribution < -0.4 is 10.6 Å². The highest BCUT2D eigenvalue weighted by molar-refractivity contribution is 5.93. The van der Waals surface area contributed by atoms with E-state index in [1.165, 1.54) is 21.6 Å². The molecule has 13 nitrogen and oxygen atoms in total. The SMILES string of the molecule is Cn1cc([C@]2(Cc3cnn4cc([C@@H](NC(=O)c5nonc5C5CC5)C5CCC(F)(F)CC5)nc4c3)C[C@@H](C(F)(F)F)NC2=O)nn1. The van der Waals surface area contributed by atoms with E-state index >= 15 is 0 Å². The second kappa shape index (κ2) is 10.8. The lowest BCUT2D eigenvalue weighted by atomic mass is 9.76. The molecule has 1 aliphatic heterocycles. The number of aryl methyl sites for hydroxylation is 1. The van der Waals surface area contributed by atoms with Crippen LogP contribution in [0.4, 0.5) is 22.0 Å². The van der Waals surface area contributed by atoms with E-state index in [2.05, 4.69) is 41.3 Å². The molecule has 244 valence electrons. The molecule has 0 radical (unpaired) electrons. The third kappa shape index (κ3) is 5.57. The maximum Gasteiger partial charge on any atom is 0.408 e. The predicted molar refractivity (Wildman–Crippen MR) is 145 cm³/mol.